The van der Waals surface area contributed by atoms with Gasteiger partial charge >= 0.3 is 0 Å². The first-order valence-corrected chi connectivity index (χ1v) is 9.05. The lowest BCUT2D eigenvalue weighted by molar-refractivity contribution is 0.214. The van der Waals surface area contributed by atoms with Crippen molar-refractivity contribution in [3.8, 4) is 0 Å². The molecule has 0 spiro atoms. The van der Waals surface area contributed by atoms with E-state index in [1.807, 2.05) is 6.92 Å². The molecule has 0 bridgehead atoms. The number of likely N-dealkylation sites (tertiary alicyclic amines) is 1. The highest BCUT2D eigenvalue weighted by molar-refractivity contribution is 14.0. The van der Waals surface area contributed by atoms with Crippen molar-refractivity contribution in [3.05, 3.63) is 16.1 Å². The van der Waals surface area contributed by atoms with Crippen molar-refractivity contribution in [1.82, 2.24) is 20.1 Å². The van der Waals surface area contributed by atoms with Crippen LogP contribution in [0.15, 0.2) is 10.4 Å². The highest BCUT2D eigenvalue weighted by Crippen LogP contribution is 2.15. The number of hydrogen-bond donors (Lipinski definition) is 1. The third kappa shape index (κ3) is 6.93. The zero-order chi connectivity index (χ0) is 15.9. The monoisotopic (exact) mass is 451 g/mol. The maximum Gasteiger partial charge on any atom is 0.194 e. The first-order chi connectivity index (χ1) is 10.6. The molecule has 1 aromatic rings. The minimum Gasteiger partial charge on any atom is -0.357 e. The Bertz CT molecular complexity index is 491. The Morgan fingerprint density at radius 1 is 1.57 bits per heavy atom. The number of piperidine rings is 1. The van der Waals surface area contributed by atoms with Crippen LogP contribution in [0.2, 0.25) is 0 Å². The van der Waals surface area contributed by atoms with Gasteiger partial charge in [0.15, 0.2) is 5.96 Å². The predicted molar refractivity (Wildman–Crippen MR) is 110 cm³/mol. The van der Waals surface area contributed by atoms with Gasteiger partial charge in [0.05, 0.1) is 17.2 Å². The average molecular weight is 451 g/mol. The topological polar surface area (TPSA) is 43.8 Å². The molecular formula is C16H30IN5S. The molecule has 2 heterocycles. The second kappa shape index (κ2) is 10.5. The summed E-state index contributed by atoms with van der Waals surface area (Å²) in [6.07, 6.45) is 2.59. The van der Waals surface area contributed by atoms with Crippen molar-refractivity contribution in [1.29, 1.82) is 0 Å². The highest BCUT2D eigenvalue weighted by atomic mass is 127. The van der Waals surface area contributed by atoms with E-state index in [0.29, 0.717) is 5.92 Å². The van der Waals surface area contributed by atoms with Crippen molar-refractivity contribution in [2.75, 3.05) is 40.3 Å². The van der Waals surface area contributed by atoms with Crippen LogP contribution in [0, 0.1) is 12.8 Å². The fourth-order valence-electron chi connectivity index (χ4n) is 2.91. The van der Waals surface area contributed by atoms with Crippen LogP contribution in [-0.4, -0.2) is 61.0 Å². The summed E-state index contributed by atoms with van der Waals surface area (Å²) in [5.74, 6) is 1.67. The number of thiazole rings is 1. The molecule has 0 aromatic carbocycles. The number of rotatable bonds is 5. The summed E-state index contributed by atoms with van der Waals surface area (Å²) in [6.45, 7) is 9.16. The van der Waals surface area contributed by atoms with Gasteiger partial charge in [0, 0.05) is 32.1 Å². The maximum absolute atomic E-state index is 4.85. The number of aliphatic imine (C=N–C) groups is 1. The lowest BCUT2D eigenvalue weighted by Gasteiger charge is -2.29. The molecule has 1 N–H and O–H groups in total. The summed E-state index contributed by atoms with van der Waals surface area (Å²) in [6, 6.07) is 0. The zero-order valence-electron chi connectivity index (χ0n) is 14.7. The molecule has 1 fully saturated rings. The van der Waals surface area contributed by atoms with Gasteiger partial charge in [0.25, 0.3) is 0 Å². The second-order valence-corrected chi connectivity index (χ2v) is 7.24. The number of aryl methyl sites for hydroxylation is 1. The molecule has 1 aliphatic heterocycles. The SMILES string of the molecule is CCNC(=NCC1CCCN(C)C1)N(C)Cc1csc(C)n1.I. The summed E-state index contributed by atoms with van der Waals surface area (Å²) < 4.78 is 0. The van der Waals surface area contributed by atoms with Gasteiger partial charge in [-0.3, -0.25) is 4.99 Å². The van der Waals surface area contributed by atoms with Crippen LogP contribution in [0.3, 0.4) is 0 Å². The number of aromatic nitrogens is 1. The lowest BCUT2D eigenvalue weighted by atomic mass is 9.99. The molecule has 1 aromatic heterocycles. The Morgan fingerprint density at radius 3 is 2.96 bits per heavy atom. The third-order valence-corrected chi connectivity index (χ3v) is 4.81. The van der Waals surface area contributed by atoms with Crippen LogP contribution < -0.4 is 5.32 Å². The van der Waals surface area contributed by atoms with Crippen LogP contribution in [0.1, 0.15) is 30.5 Å². The van der Waals surface area contributed by atoms with E-state index in [-0.39, 0.29) is 24.0 Å². The normalized spacial score (nSPS) is 19.3. The summed E-state index contributed by atoms with van der Waals surface area (Å²) in [7, 11) is 4.29. The number of hydrogen-bond acceptors (Lipinski definition) is 4. The molecule has 1 saturated heterocycles. The van der Waals surface area contributed by atoms with Gasteiger partial charge < -0.3 is 15.1 Å². The molecule has 0 aliphatic carbocycles. The molecule has 0 amide bonds. The van der Waals surface area contributed by atoms with Crippen LogP contribution >= 0.6 is 35.3 Å². The summed E-state index contributed by atoms with van der Waals surface area (Å²) in [5, 5.41) is 6.65. The molecule has 1 unspecified atom stereocenters. The maximum atomic E-state index is 4.85. The van der Waals surface area contributed by atoms with Crippen molar-refractivity contribution >= 4 is 41.3 Å². The van der Waals surface area contributed by atoms with E-state index in [4.69, 9.17) is 4.99 Å². The van der Waals surface area contributed by atoms with Crippen LogP contribution in [-0.2, 0) is 6.54 Å². The van der Waals surface area contributed by atoms with Gasteiger partial charge in [-0.05, 0) is 46.2 Å². The smallest absolute Gasteiger partial charge is 0.194 e. The van der Waals surface area contributed by atoms with Crippen LogP contribution in [0.25, 0.3) is 0 Å². The van der Waals surface area contributed by atoms with Gasteiger partial charge in [-0.2, -0.15) is 0 Å². The fraction of sp³-hybridized carbons (Fsp3) is 0.750. The number of guanidine groups is 1. The first kappa shape index (κ1) is 20.6. The van der Waals surface area contributed by atoms with E-state index in [2.05, 4.69) is 46.5 Å². The van der Waals surface area contributed by atoms with E-state index in [1.54, 1.807) is 11.3 Å². The van der Waals surface area contributed by atoms with Gasteiger partial charge in [-0.15, -0.1) is 35.3 Å². The molecule has 7 heteroatoms. The second-order valence-electron chi connectivity index (χ2n) is 6.18. The quantitative estimate of drug-likeness (QED) is 0.425. The van der Waals surface area contributed by atoms with Gasteiger partial charge in [-0.25, -0.2) is 4.98 Å². The Labute approximate surface area is 161 Å². The van der Waals surface area contributed by atoms with E-state index >= 15 is 0 Å². The Hall–Kier alpha value is -0.410. The van der Waals surface area contributed by atoms with Crippen molar-refractivity contribution in [3.63, 3.8) is 0 Å². The van der Waals surface area contributed by atoms with E-state index in [0.717, 1.165) is 42.8 Å². The number of halogens is 1. The number of nitrogens with one attached hydrogen (secondary N) is 1. The molecule has 5 nitrogen and oxygen atoms in total. The predicted octanol–water partition coefficient (Wildman–Crippen LogP) is 2.81. The molecular weight excluding hydrogens is 421 g/mol. The van der Waals surface area contributed by atoms with Crippen molar-refractivity contribution in [2.45, 2.75) is 33.2 Å². The Morgan fingerprint density at radius 2 is 2.35 bits per heavy atom. The highest BCUT2D eigenvalue weighted by Gasteiger charge is 2.17. The van der Waals surface area contributed by atoms with Crippen LogP contribution in [0.4, 0.5) is 0 Å². The minimum atomic E-state index is 0. The molecule has 2 rings (SSSR count). The van der Waals surface area contributed by atoms with Gasteiger partial charge in [-0.1, -0.05) is 0 Å². The van der Waals surface area contributed by atoms with Gasteiger partial charge in [0.2, 0.25) is 0 Å². The molecule has 0 saturated carbocycles. The lowest BCUT2D eigenvalue weighted by Crippen LogP contribution is -2.39. The Kier molecular flexibility index (Phi) is 9.38. The first-order valence-electron chi connectivity index (χ1n) is 8.17. The fourth-order valence-corrected chi connectivity index (χ4v) is 3.51. The average Bonchev–Trinajstić information content (AvgIpc) is 2.88. The van der Waals surface area contributed by atoms with E-state index in [9.17, 15) is 0 Å². The van der Waals surface area contributed by atoms with Crippen molar-refractivity contribution in [2.24, 2.45) is 10.9 Å². The molecule has 0 radical (unpaired) electrons. The third-order valence-electron chi connectivity index (χ3n) is 3.98. The van der Waals surface area contributed by atoms with E-state index < -0.39 is 0 Å². The van der Waals surface area contributed by atoms with E-state index in [1.165, 1.54) is 19.4 Å². The van der Waals surface area contributed by atoms with Gasteiger partial charge in [0.1, 0.15) is 0 Å². The Balaban J connectivity index is 0.00000264. The summed E-state index contributed by atoms with van der Waals surface area (Å²) in [5.41, 5.74) is 1.12. The number of nitrogens with zero attached hydrogens (tertiary/aromatic N) is 4. The van der Waals surface area contributed by atoms with Crippen LogP contribution in [0.5, 0.6) is 0 Å². The molecule has 1 aliphatic rings. The molecule has 23 heavy (non-hydrogen) atoms. The zero-order valence-corrected chi connectivity index (χ0v) is 17.9. The van der Waals surface area contributed by atoms with Crippen molar-refractivity contribution < 1.29 is 0 Å². The minimum absolute atomic E-state index is 0. The standard InChI is InChI=1S/C16H29N5S.HI/c1-5-17-16(18-9-14-7-6-8-20(3)10-14)21(4)11-15-12-22-13(2)19-15;/h12,14H,5-11H2,1-4H3,(H,17,18);1H. The molecule has 1 atom stereocenters. The molecule has 132 valence electrons. The largest absolute Gasteiger partial charge is 0.357 e. The summed E-state index contributed by atoms with van der Waals surface area (Å²) in [4.78, 5) is 14.0. The summed E-state index contributed by atoms with van der Waals surface area (Å²) >= 11 is 1.70.